The van der Waals surface area contributed by atoms with Gasteiger partial charge in [0.15, 0.2) is 0 Å². The summed E-state index contributed by atoms with van der Waals surface area (Å²) in [5.41, 5.74) is 7.72. The highest BCUT2D eigenvalue weighted by Gasteiger charge is 2.40. The van der Waals surface area contributed by atoms with Crippen molar-refractivity contribution in [1.29, 1.82) is 0 Å². The van der Waals surface area contributed by atoms with Gasteiger partial charge in [0.25, 0.3) is 0 Å². The Hall–Kier alpha value is -0.380. The second-order valence-electron chi connectivity index (χ2n) is 6.12. The molecule has 0 radical (unpaired) electrons. The van der Waals surface area contributed by atoms with Gasteiger partial charge in [-0.1, -0.05) is 35.0 Å². The minimum absolute atomic E-state index is 0.0797. The largest absolute Gasteiger partial charge is 0.374 e. The van der Waals surface area contributed by atoms with Crippen LogP contribution in [-0.4, -0.2) is 18.2 Å². The van der Waals surface area contributed by atoms with Gasteiger partial charge in [-0.15, -0.1) is 0 Å². The Morgan fingerprint density at radius 3 is 2.45 bits per heavy atom. The van der Waals surface area contributed by atoms with Crippen LogP contribution in [0.2, 0.25) is 0 Å². The first-order valence-corrected chi connectivity index (χ1v) is 8.49. The molecule has 0 aliphatic heterocycles. The lowest BCUT2D eigenvalue weighted by molar-refractivity contribution is -0.0883. The number of halogens is 1. The van der Waals surface area contributed by atoms with Crippen molar-refractivity contribution in [3.05, 3.63) is 34.3 Å². The SMILES string of the molecule is CCOC1(C(N)Cc2ccc(Br)cc2)CCC(C)CC1. The molecule has 1 unspecified atom stereocenters. The molecule has 2 rings (SSSR count). The second kappa shape index (κ2) is 7.06. The van der Waals surface area contributed by atoms with Gasteiger partial charge in [0, 0.05) is 17.1 Å². The van der Waals surface area contributed by atoms with E-state index < -0.39 is 0 Å². The molecule has 1 aliphatic rings. The first-order chi connectivity index (χ1) is 9.55. The summed E-state index contributed by atoms with van der Waals surface area (Å²) in [6.07, 6.45) is 5.54. The van der Waals surface area contributed by atoms with E-state index in [1.165, 1.54) is 18.4 Å². The van der Waals surface area contributed by atoms with Crippen molar-refractivity contribution in [3.8, 4) is 0 Å². The summed E-state index contributed by atoms with van der Waals surface area (Å²) in [7, 11) is 0. The molecule has 3 heteroatoms. The fraction of sp³-hybridized carbons (Fsp3) is 0.647. The minimum Gasteiger partial charge on any atom is -0.374 e. The minimum atomic E-state index is -0.117. The summed E-state index contributed by atoms with van der Waals surface area (Å²) in [5, 5.41) is 0. The Labute approximate surface area is 131 Å². The Balaban J connectivity index is 2.06. The quantitative estimate of drug-likeness (QED) is 0.867. The first-order valence-electron chi connectivity index (χ1n) is 7.70. The molecule has 20 heavy (non-hydrogen) atoms. The maximum atomic E-state index is 6.55. The monoisotopic (exact) mass is 339 g/mol. The predicted molar refractivity (Wildman–Crippen MR) is 87.8 cm³/mol. The topological polar surface area (TPSA) is 35.2 Å². The number of ether oxygens (including phenoxy) is 1. The van der Waals surface area contributed by atoms with E-state index in [0.717, 1.165) is 36.3 Å². The van der Waals surface area contributed by atoms with Crippen LogP contribution in [0.1, 0.15) is 45.1 Å². The molecule has 0 amide bonds. The van der Waals surface area contributed by atoms with E-state index in [0.29, 0.717) is 0 Å². The van der Waals surface area contributed by atoms with Crippen LogP contribution >= 0.6 is 15.9 Å². The van der Waals surface area contributed by atoms with Crippen LogP contribution in [-0.2, 0) is 11.2 Å². The van der Waals surface area contributed by atoms with Crippen LogP contribution in [0.25, 0.3) is 0 Å². The standard InChI is InChI=1S/C17H26BrNO/c1-3-20-17(10-8-13(2)9-11-17)16(19)12-14-4-6-15(18)7-5-14/h4-7,13,16H,3,8-12,19H2,1-2H3. The van der Waals surface area contributed by atoms with Gasteiger partial charge in [0.2, 0.25) is 0 Å². The van der Waals surface area contributed by atoms with Gasteiger partial charge in [-0.2, -0.15) is 0 Å². The third-order valence-corrected chi connectivity index (χ3v) is 5.13. The molecule has 1 aromatic rings. The molecule has 0 heterocycles. The highest BCUT2D eigenvalue weighted by Crippen LogP contribution is 2.37. The van der Waals surface area contributed by atoms with Crippen molar-refractivity contribution in [2.75, 3.05) is 6.61 Å². The van der Waals surface area contributed by atoms with E-state index >= 15 is 0 Å². The molecule has 1 aromatic carbocycles. The van der Waals surface area contributed by atoms with Crippen molar-refractivity contribution < 1.29 is 4.74 Å². The number of rotatable bonds is 5. The molecule has 2 N–H and O–H groups in total. The molecular weight excluding hydrogens is 314 g/mol. The molecule has 1 saturated carbocycles. The van der Waals surface area contributed by atoms with Gasteiger partial charge in [-0.3, -0.25) is 0 Å². The molecule has 0 saturated heterocycles. The van der Waals surface area contributed by atoms with E-state index in [1.807, 2.05) is 0 Å². The first kappa shape index (κ1) is 16.0. The lowest BCUT2D eigenvalue weighted by Gasteiger charge is -2.43. The summed E-state index contributed by atoms with van der Waals surface area (Å²) in [4.78, 5) is 0. The zero-order chi connectivity index (χ0) is 14.6. The Morgan fingerprint density at radius 2 is 1.90 bits per heavy atom. The summed E-state index contributed by atoms with van der Waals surface area (Å²) >= 11 is 3.47. The summed E-state index contributed by atoms with van der Waals surface area (Å²) in [6, 6.07) is 8.54. The number of benzene rings is 1. The number of hydrogen-bond donors (Lipinski definition) is 1. The van der Waals surface area contributed by atoms with Crippen LogP contribution in [0.4, 0.5) is 0 Å². The highest BCUT2D eigenvalue weighted by atomic mass is 79.9. The fourth-order valence-electron chi connectivity index (χ4n) is 3.22. The fourth-order valence-corrected chi connectivity index (χ4v) is 3.49. The van der Waals surface area contributed by atoms with Gasteiger partial charge in [-0.25, -0.2) is 0 Å². The van der Waals surface area contributed by atoms with Crippen LogP contribution in [0.5, 0.6) is 0 Å². The van der Waals surface area contributed by atoms with Crippen molar-refractivity contribution in [2.24, 2.45) is 11.7 Å². The smallest absolute Gasteiger partial charge is 0.0835 e. The van der Waals surface area contributed by atoms with Crippen LogP contribution in [0, 0.1) is 5.92 Å². The predicted octanol–water partition coefficient (Wildman–Crippen LogP) is 4.30. The van der Waals surface area contributed by atoms with Gasteiger partial charge >= 0.3 is 0 Å². The average Bonchev–Trinajstić information content (AvgIpc) is 2.44. The summed E-state index contributed by atoms with van der Waals surface area (Å²) in [6.45, 7) is 5.16. The molecular formula is C17H26BrNO. The van der Waals surface area contributed by atoms with Crippen molar-refractivity contribution >= 4 is 15.9 Å². The average molecular weight is 340 g/mol. The van der Waals surface area contributed by atoms with E-state index in [9.17, 15) is 0 Å². The van der Waals surface area contributed by atoms with Gasteiger partial charge in [0.05, 0.1) is 5.60 Å². The molecule has 112 valence electrons. The number of nitrogens with two attached hydrogens (primary N) is 1. The van der Waals surface area contributed by atoms with Crippen molar-refractivity contribution in [3.63, 3.8) is 0 Å². The Bertz CT molecular complexity index is 410. The molecule has 1 atom stereocenters. The van der Waals surface area contributed by atoms with Crippen LogP contribution < -0.4 is 5.73 Å². The Kier molecular flexibility index (Phi) is 5.65. The Morgan fingerprint density at radius 1 is 1.30 bits per heavy atom. The van der Waals surface area contributed by atoms with Crippen molar-refractivity contribution in [2.45, 2.75) is 57.6 Å². The lowest BCUT2D eigenvalue weighted by atomic mass is 9.74. The molecule has 2 nitrogen and oxygen atoms in total. The van der Waals surface area contributed by atoms with E-state index in [-0.39, 0.29) is 11.6 Å². The summed E-state index contributed by atoms with van der Waals surface area (Å²) in [5.74, 6) is 0.809. The highest BCUT2D eigenvalue weighted by molar-refractivity contribution is 9.10. The van der Waals surface area contributed by atoms with Crippen molar-refractivity contribution in [1.82, 2.24) is 0 Å². The van der Waals surface area contributed by atoms with Crippen LogP contribution in [0.15, 0.2) is 28.7 Å². The maximum Gasteiger partial charge on any atom is 0.0835 e. The zero-order valence-electron chi connectivity index (χ0n) is 12.6. The normalized spacial score (nSPS) is 28.3. The van der Waals surface area contributed by atoms with E-state index in [2.05, 4.69) is 54.0 Å². The van der Waals surface area contributed by atoms with Gasteiger partial charge < -0.3 is 10.5 Å². The number of hydrogen-bond acceptors (Lipinski definition) is 2. The molecule has 1 aliphatic carbocycles. The zero-order valence-corrected chi connectivity index (χ0v) is 14.2. The van der Waals surface area contributed by atoms with Gasteiger partial charge in [0.1, 0.15) is 0 Å². The summed E-state index contributed by atoms with van der Waals surface area (Å²) < 4.78 is 7.25. The molecule has 0 aromatic heterocycles. The van der Waals surface area contributed by atoms with E-state index in [4.69, 9.17) is 10.5 Å². The second-order valence-corrected chi connectivity index (χ2v) is 7.03. The van der Waals surface area contributed by atoms with E-state index in [1.54, 1.807) is 0 Å². The third kappa shape index (κ3) is 3.84. The molecule has 0 spiro atoms. The van der Waals surface area contributed by atoms with Crippen LogP contribution in [0.3, 0.4) is 0 Å². The molecule has 1 fully saturated rings. The lowest BCUT2D eigenvalue weighted by Crippen LogP contribution is -2.53. The molecule has 0 bridgehead atoms. The van der Waals surface area contributed by atoms with Gasteiger partial charge in [-0.05, 0) is 62.6 Å². The third-order valence-electron chi connectivity index (χ3n) is 4.60. The maximum absolute atomic E-state index is 6.55.